The molecule has 300 valence electrons. The topological polar surface area (TPSA) is 133 Å². The summed E-state index contributed by atoms with van der Waals surface area (Å²) in [5.41, 5.74) is 19.4. The lowest BCUT2D eigenvalue weighted by Gasteiger charge is -2.15. The van der Waals surface area contributed by atoms with Crippen molar-refractivity contribution in [3.63, 3.8) is 0 Å². The summed E-state index contributed by atoms with van der Waals surface area (Å²) in [7, 11) is 3.29. The van der Waals surface area contributed by atoms with E-state index in [1.165, 1.54) is 19.3 Å². The van der Waals surface area contributed by atoms with Crippen molar-refractivity contribution in [2.24, 2.45) is 11.5 Å². The maximum absolute atomic E-state index is 11.9. The second kappa shape index (κ2) is 19.3. The summed E-state index contributed by atoms with van der Waals surface area (Å²) < 4.78 is 28.0. The number of nitrogens with two attached hydrogens (primary N) is 2. The minimum absolute atomic E-state index is 0.177. The van der Waals surface area contributed by atoms with Crippen LogP contribution in [0.25, 0.3) is 21.8 Å². The first-order valence-corrected chi connectivity index (χ1v) is 20.0. The highest BCUT2D eigenvalue weighted by Gasteiger charge is 2.19. The number of primary amides is 2. The van der Waals surface area contributed by atoms with Gasteiger partial charge in [-0.05, 0) is 86.3 Å². The maximum Gasteiger partial charge on any atom is 0.221 e. The van der Waals surface area contributed by atoms with E-state index in [-0.39, 0.29) is 24.7 Å². The number of rotatable bonds is 22. The number of methoxy groups -OCH3 is 2. The number of carbonyl (C=O) groups excluding carboxylic acids is 2. The fourth-order valence-corrected chi connectivity index (χ4v) is 7.86. The van der Waals surface area contributed by atoms with Gasteiger partial charge in [0.2, 0.25) is 11.8 Å². The van der Waals surface area contributed by atoms with E-state index in [1.54, 1.807) is 14.2 Å². The Hall–Kier alpha value is -5.90. The zero-order valence-electron chi connectivity index (χ0n) is 33.8. The van der Waals surface area contributed by atoms with Crippen molar-refractivity contribution in [3.8, 4) is 23.0 Å². The van der Waals surface area contributed by atoms with Gasteiger partial charge in [0.1, 0.15) is 23.0 Å². The summed E-state index contributed by atoms with van der Waals surface area (Å²) >= 11 is 0. The average Bonchev–Trinajstić information content (AvgIpc) is 3.61. The first-order chi connectivity index (χ1) is 27.7. The second-order valence-corrected chi connectivity index (χ2v) is 14.7. The third kappa shape index (κ3) is 9.92. The Bertz CT molecular complexity index is 2160. The molecule has 6 aromatic rings. The van der Waals surface area contributed by atoms with Crippen molar-refractivity contribution in [2.45, 2.75) is 84.7 Å². The highest BCUT2D eigenvalue weighted by molar-refractivity contribution is 5.92. The number of para-hydroxylation sites is 2. The van der Waals surface area contributed by atoms with E-state index in [0.29, 0.717) is 26.3 Å². The monoisotopic (exact) mass is 772 g/mol. The van der Waals surface area contributed by atoms with Crippen molar-refractivity contribution in [1.82, 2.24) is 9.13 Å². The van der Waals surface area contributed by atoms with Crippen molar-refractivity contribution in [3.05, 3.63) is 119 Å². The van der Waals surface area contributed by atoms with Gasteiger partial charge in [-0.1, -0.05) is 68.5 Å². The number of hydrogen-bond donors (Lipinski definition) is 2. The molecule has 0 fully saturated rings. The maximum atomic E-state index is 11.9. The van der Waals surface area contributed by atoms with E-state index in [1.807, 2.05) is 86.6 Å². The van der Waals surface area contributed by atoms with E-state index in [0.717, 1.165) is 104 Å². The molecule has 2 amide bonds. The predicted octanol–water partition coefficient (Wildman–Crippen LogP) is 8.57. The molecule has 0 aliphatic rings. The zero-order valence-corrected chi connectivity index (χ0v) is 33.8. The SMILES string of the molecule is COc1ccc2c(c1)c(CC(N)=O)c(C)n2Cc1ccccc1OCCCCCCCCCOc1ccccc1Cn1c(C)c(CC(N)=O)c2cc(OC)ccc21. The first kappa shape index (κ1) is 40.8. The smallest absolute Gasteiger partial charge is 0.221 e. The fraction of sp³-hybridized carbons (Fsp3) is 0.362. The average molecular weight is 773 g/mol. The van der Waals surface area contributed by atoms with Gasteiger partial charge in [0.25, 0.3) is 0 Å². The lowest BCUT2D eigenvalue weighted by Crippen LogP contribution is -2.14. The summed E-state index contributed by atoms with van der Waals surface area (Å²) in [5.74, 6) is 2.55. The molecule has 4 N–H and O–H groups in total. The fourth-order valence-electron chi connectivity index (χ4n) is 7.86. The summed E-state index contributed by atoms with van der Waals surface area (Å²) in [6, 6.07) is 28.3. The minimum atomic E-state index is -0.356. The molecule has 4 aromatic carbocycles. The Morgan fingerprint density at radius 1 is 0.544 bits per heavy atom. The van der Waals surface area contributed by atoms with Crippen LogP contribution in [-0.2, 0) is 35.5 Å². The van der Waals surface area contributed by atoms with Crippen LogP contribution in [0.3, 0.4) is 0 Å². The van der Waals surface area contributed by atoms with Crippen LogP contribution in [0.2, 0.25) is 0 Å². The molecular formula is C47H56N4O6. The quantitative estimate of drug-likeness (QED) is 0.0665. The van der Waals surface area contributed by atoms with Crippen LogP contribution in [-0.4, -0.2) is 48.4 Å². The number of ether oxygens (including phenoxy) is 4. The van der Waals surface area contributed by atoms with E-state index >= 15 is 0 Å². The highest BCUT2D eigenvalue weighted by Crippen LogP contribution is 2.33. The molecule has 0 aliphatic heterocycles. The van der Waals surface area contributed by atoms with Crippen molar-refractivity contribution >= 4 is 33.6 Å². The third-order valence-corrected chi connectivity index (χ3v) is 10.9. The third-order valence-electron chi connectivity index (χ3n) is 10.9. The number of amides is 2. The number of hydrogen-bond acceptors (Lipinski definition) is 6. The number of aromatic nitrogens is 2. The Kier molecular flexibility index (Phi) is 13.8. The van der Waals surface area contributed by atoms with Gasteiger partial charge in [0.15, 0.2) is 0 Å². The van der Waals surface area contributed by atoms with Gasteiger partial charge in [0.05, 0.1) is 53.4 Å². The van der Waals surface area contributed by atoms with Crippen LogP contribution in [0.4, 0.5) is 0 Å². The highest BCUT2D eigenvalue weighted by atomic mass is 16.5. The predicted molar refractivity (Wildman–Crippen MR) is 227 cm³/mol. The van der Waals surface area contributed by atoms with Gasteiger partial charge in [-0.15, -0.1) is 0 Å². The van der Waals surface area contributed by atoms with E-state index < -0.39 is 0 Å². The molecule has 0 unspecified atom stereocenters. The molecule has 57 heavy (non-hydrogen) atoms. The Morgan fingerprint density at radius 3 is 1.32 bits per heavy atom. The molecule has 0 radical (unpaired) electrons. The van der Waals surface area contributed by atoms with E-state index in [4.69, 9.17) is 30.4 Å². The van der Waals surface area contributed by atoms with E-state index in [9.17, 15) is 9.59 Å². The molecule has 10 heteroatoms. The standard InChI is InChI=1S/C47H56N4O6/c1-32-38(28-46(48)52)40-26-36(54-3)20-22-42(40)50(32)30-34-16-10-12-18-44(34)56-24-14-8-6-5-7-9-15-25-57-45-19-13-11-17-35(45)31-51-33(2)39(29-47(49)53)41-27-37(55-4)21-23-43(41)51/h10-13,16-23,26-27H,5-9,14-15,24-25,28-31H2,1-4H3,(H2,48,52)(H2,49,53). The minimum Gasteiger partial charge on any atom is -0.497 e. The van der Waals surface area contributed by atoms with Gasteiger partial charge in [-0.25, -0.2) is 0 Å². The summed E-state index contributed by atoms with van der Waals surface area (Å²) in [5, 5.41) is 1.96. The van der Waals surface area contributed by atoms with Crippen molar-refractivity contribution in [1.29, 1.82) is 0 Å². The van der Waals surface area contributed by atoms with Crippen LogP contribution in [0, 0.1) is 13.8 Å². The number of nitrogens with zero attached hydrogens (tertiary/aromatic N) is 2. The molecule has 6 rings (SSSR count). The molecule has 2 heterocycles. The van der Waals surface area contributed by atoms with Gasteiger partial charge >= 0.3 is 0 Å². The number of carbonyl (C=O) groups is 2. The van der Waals surface area contributed by atoms with Gasteiger partial charge in [-0.2, -0.15) is 0 Å². The van der Waals surface area contributed by atoms with Crippen LogP contribution in [0.1, 0.15) is 78.6 Å². The molecule has 0 atom stereocenters. The Labute approximate surface area is 335 Å². The Balaban J connectivity index is 0.935. The van der Waals surface area contributed by atoms with Crippen molar-refractivity contribution < 1.29 is 28.5 Å². The lowest BCUT2D eigenvalue weighted by atomic mass is 10.1. The Morgan fingerprint density at radius 2 is 0.930 bits per heavy atom. The number of benzene rings is 4. The van der Waals surface area contributed by atoms with Crippen LogP contribution >= 0.6 is 0 Å². The van der Waals surface area contributed by atoms with Gasteiger partial charge in [-0.3, -0.25) is 9.59 Å². The summed E-state index contributed by atoms with van der Waals surface area (Å²) in [6.45, 7) is 6.66. The normalized spacial score (nSPS) is 11.3. The first-order valence-electron chi connectivity index (χ1n) is 20.0. The second-order valence-electron chi connectivity index (χ2n) is 14.7. The largest absolute Gasteiger partial charge is 0.497 e. The zero-order chi connectivity index (χ0) is 40.3. The molecule has 0 spiro atoms. The van der Waals surface area contributed by atoms with Gasteiger partial charge in [0, 0.05) is 44.3 Å². The molecule has 2 aromatic heterocycles. The lowest BCUT2D eigenvalue weighted by molar-refractivity contribution is -0.118. The number of fused-ring (bicyclic) bond motifs is 2. The van der Waals surface area contributed by atoms with Crippen LogP contribution < -0.4 is 30.4 Å². The van der Waals surface area contributed by atoms with Gasteiger partial charge < -0.3 is 39.5 Å². The molecule has 10 nitrogen and oxygen atoms in total. The molecule has 0 saturated heterocycles. The summed E-state index contributed by atoms with van der Waals surface area (Å²) in [6.07, 6.45) is 8.11. The van der Waals surface area contributed by atoms with Crippen LogP contribution in [0.5, 0.6) is 23.0 Å². The van der Waals surface area contributed by atoms with Crippen molar-refractivity contribution in [2.75, 3.05) is 27.4 Å². The van der Waals surface area contributed by atoms with Crippen LogP contribution in [0.15, 0.2) is 84.9 Å². The number of unbranched alkanes of at least 4 members (excludes halogenated alkanes) is 6. The molecular weight excluding hydrogens is 717 g/mol. The summed E-state index contributed by atoms with van der Waals surface area (Å²) in [4.78, 5) is 23.9. The molecule has 0 saturated carbocycles. The molecule has 0 bridgehead atoms. The molecule has 0 aliphatic carbocycles. The van der Waals surface area contributed by atoms with E-state index in [2.05, 4.69) is 21.3 Å².